The van der Waals surface area contributed by atoms with E-state index in [0.29, 0.717) is 56.4 Å². The number of ketones is 1. The Balaban J connectivity index is 1.43. The maximum atomic E-state index is 14.3. The van der Waals surface area contributed by atoms with Gasteiger partial charge >= 0.3 is 6.01 Å². The van der Waals surface area contributed by atoms with Gasteiger partial charge in [-0.05, 0) is 52.3 Å². The Morgan fingerprint density at radius 1 is 1.26 bits per heavy atom. The number of carbonyl (C=O) groups is 2. The van der Waals surface area contributed by atoms with Gasteiger partial charge in [0.2, 0.25) is 11.7 Å². The monoisotopic (exact) mass is 577 g/mol. The molecule has 223 valence electrons. The molecular weight excluding hydrogens is 539 g/mol. The number of nitrogens with zero attached hydrogens (tertiary/aromatic N) is 6. The van der Waals surface area contributed by atoms with Crippen LogP contribution in [0.2, 0.25) is 0 Å². The van der Waals surface area contributed by atoms with Gasteiger partial charge in [-0.25, -0.2) is 4.39 Å². The number of hydrogen-bond acceptors (Lipinski definition) is 9. The third-order valence-electron chi connectivity index (χ3n) is 8.57. The maximum absolute atomic E-state index is 14.3. The number of halogens is 1. The Bertz CT molecular complexity index is 1290. The number of anilines is 1. The molecule has 0 N–H and O–H groups in total. The Morgan fingerprint density at radius 2 is 2.10 bits per heavy atom. The van der Waals surface area contributed by atoms with Crippen LogP contribution in [0.3, 0.4) is 0 Å². The van der Waals surface area contributed by atoms with Gasteiger partial charge in [-0.3, -0.25) is 9.59 Å². The second kappa shape index (κ2) is 13.1. The largest absolute Gasteiger partial charge is 0.462 e. The van der Waals surface area contributed by atoms with Crippen LogP contribution in [0.4, 0.5) is 10.2 Å². The molecule has 0 saturated carbocycles. The number of ether oxygens (including phenoxy) is 2. The van der Waals surface area contributed by atoms with Crippen molar-refractivity contribution in [1.82, 2.24) is 19.8 Å². The zero-order chi connectivity index (χ0) is 29.8. The highest BCUT2D eigenvalue weighted by Gasteiger charge is 2.39. The molecule has 1 aromatic rings. The van der Waals surface area contributed by atoms with Crippen molar-refractivity contribution in [3.63, 3.8) is 0 Å². The van der Waals surface area contributed by atoms with Crippen LogP contribution in [0.5, 0.6) is 6.01 Å². The predicted octanol–water partition coefficient (Wildman–Crippen LogP) is 3.01. The number of rotatable bonds is 9. The Morgan fingerprint density at radius 3 is 2.81 bits per heavy atom. The lowest BCUT2D eigenvalue weighted by Crippen LogP contribution is -2.55. The van der Waals surface area contributed by atoms with Crippen molar-refractivity contribution in [2.24, 2.45) is 0 Å². The fraction of sp³-hybridized carbons (Fsp3) is 0.548. The van der Waals surface area contributed by atoms with Crippen molar-refractivity contribution in [3.05, 3.63) is 54.1 Å². The number of amides is 1. The van der Waals surface area contributed by atoms with E-state index in [-0.39, 0.29) is 41.9 Å². The predicted molar refractivity (Wildman–Crippen MR) is 155 cm³/mol. The minimum atomic E-state index is -1.21. The molecule has 2 aliphatic heterocycles. The molecule has 2 aliphatic carbocycles. The molecule has 5 atom stereocenters. The molecule has 3 heterocycles. The van der Waals surface area contributed by atoms with Crippen LogP contribution in [0, 0.1) is 17.2 Å². The summed E-state index contributed by atoms with van der Waals surface area (Å²) in [4.78, 5) is 41.6. The smallest absolute Gasteiger partial charge is 0.319 e. The number of nitriles is 1. The second-order valence-electron chi connectivity index (χ2n) is 11.3. The summed E-state index contributed by atoms with van der Waals surface area (Å²) in [5.41, 5.74) is 0.948. The number of hydrogen-bond donors (Lipinski definition) is 0. The first-order valence-corrected chi connectivity index (χ1v) is 14.6. The van der Waals surface area contributed by atoms with E-state index < -0.39 is 18.4 Å². The van der Waals surface area contributed by atoms with E-state index in [1.807, 2.05) is 4.90 Å². The summed E-state index contributed by atoms with van der Waals surface area (Å²) in [5, 5.41) is 9.46. The van der Waals surface area contributed by atoms with Gasteiger partial charge in [-0.1, -0.05) is 30.9 Å². The van der Waals surface area contributed by atoms with Gasteiger partial charge in [0.25, 0.3) is 0 Å². The molecule has 0 aromatic carbocycles. The number of piperazine rings is 1. The number of likely N-dealkylation sites (N-methyl/N-ethyl adjacent to an activating group) is 1. The standard InChI is InChI=1S/C31H38FN6O4/c1-4-27(39)38-17-16-37(18-21(38)13-14-33)30-24-11-12-26(42-25-10-6-5-9-23(25)20(2)32)29(40)28(24)34-31(35-30)41-19-22-8-7-15-36(22)3/h4-6,9-10,20-22,25-26H,1,7-8,11-13,15-19H2,2-3H3/t20?,21?,22?,25?,26-/m1/s1. The number of allylic oxidation sites excluding steroid dienone is 2. The maximum Gasteiger partial charge on any atom is 0.319 e. The van der Waals surface area contributed by atoms with Crippen molar-refractivity contribution in [2.75, 3.05) is 44.7 Å². The van der Waals surface area contributed by atoms with Crippen LogP contribution in [0.15, 0.2) is 37.0 Å². The highest BCUT2D eigenvalue weighted by molar-refractivity contribution is 6.01. The number of carbonyl (C=O) groups excluding carboxylic acids is 2. The van der Waals surface area contributed by atoms with Crippen molar-refractivity contribution in [3.8, 4) is 12.1 Å². The van der Waals surface area contributed by atoms with Crippen molar-refractivity contribution < 1.29 is 23.5 Å². The summed E-state index contributed by atoms with van der Waals surface area (Å²) in [6.45, 7) is 7.68. The Hall–Kier alpha value is -3.62. The first kappa shape index (κ1) is 29.9. The summed E-state index contributed by atoms with van der Waals surface area (Å²) in [6, 6.07) is 2.18. The molecule has 11 heteroatoms. The average molecular weight is 578 g/mol. The Labute approximate surface area is 246 Å². The fourth-order valence-electron chi connectivity index (χ4n) is 6.19. The molecule has 0 spiro atoms. The SMILES string of the molecule is C=CC(=O)N1CCN(c2nc(OCC3CCCN3C)nc3c2CC[C@@H](OC2C=CC=C[C]2C(C)F)C3=O)CC1CC#N. The van der Waals surface area contributed by atoms with Crippen LogP contribution in [0.1, 0.15) is 48.7 Å². The topological polar surface area (TPSA) is 112 Å². The van der Waals surface area contributed by atoms with Gasteiger partial charge in [-0.15, -0.1) is 0 Å². The first-order valence-electron chi connectivity index (χ1n) is 14.6. The Kier molecular flexibility index (Phi) is 9.34. The number of likely N-dealkylation sites (tertiary alicyclic amines) is 1. The highest BCUT2D eigenvalue weighted by Crippen LogP contribution is 2.35. The molecule has 5 rings (SSSR count). The van der Waals surface area contributed by atoms with Gasteiger partial charge in [0.15, 0.2) is 0 Å². The van der Waals surface area contributed by atoms with Crippen LogP contribution < -0.4 is 9.64 Å². The molecule has 2 fully saturated rings. The summed E-state index contributed by atoms with van der Waals surface area (Å²) in [7, 11) is 2.06. The van der Waals surface area contributed by atoms with Gasteiger partial charge in [-0.2, -0.15) is 15.2 Å². The second-order valence-corrected chi connectivity index (χ2v) is 11.3. The number of fused-ring (bicyclic) bond motifs is 1. The van der Waals surface area contributed by atoms with E-state index in [4.69, 9.17) is 14.5 Å². The van der Waals surface area contributed by atoms with Crippen molar-refractivity contribution >= 4 is 17.5 Å². The molecule has 42 heavy (non-hydrogen) atoms. The third-order valence-corrected chi connectivity index (χ3v) is 8.57. The lowest BCUT2D eigenvalue weighted by atomic mass is 9.90. The van der Waals surface area contributed by atoms with E-state index in [9.17, 15) is 19.2 Å². The number of aromatic nitrogens is 2. The summed E-state index contributed by atoms with van der Waals surface area (Å²) >= 11 is 0. The molecule has 4 aliphatic rings. The van der Waals surface area contributed by atoms with Crippen LogP contribution in [0.25, 0.3) is 0 Å². The lowest BCUT2D eigenvalue weighted by molar-refractivity contribution is -0.128. The molecule has 10 nitrogen and oxygen atoms in total. The van der Waals surface area contributed by atoms with Crippen molar-refractivity contribution in [2.45, 2.75) is 69.5 Å². The zero-order valence-corrected chi connectivity index (χ0v) is 24.2. The molecule has 1 amide bonds. The molecule has 1 aromatic heterocycles. The third kappa shape index (κ3) is 6.25. The van der Waals surface area contributed by atoms with Gasteiger partial charge in [0.1, 0.15) is 30.4 Å². The van der Waals surface area contributed by atoms with Gasteiger partial charge in [0, 0.05) is 31.2 Å². The van der Waals surface area contributed by atoms with E-state index in [1.54, 1.807) is 29.2 Å². The van der Waals surface area contributed by atoms with Crippen LogP contribution in [-0.4, -0.2) is 102 Å². The molecule has 1 radical (unpaired) electrons. The van der Waals surface area contributed by atoms with Gasteiger partial charge < -0.3 is 24.2 Å². The quantitative estimate of drug-likeness (QED) is 0.409. The molecule has 0 bridgehead atoms. The normalized spacial score (nSPS) is 27.0. The zero-order valence-electron chi connectivity index (χ0n) is 24.2. The minimum absolute atomic E-state index is 0.115. The molecular formula is C31H38FN6O4. The first-order chi connectivity index (χ1) is 20.3. The van der Waals surface area contributed by atoms with E-state index in [0.717, 1.165) is 19.4 Å². The average Bonchev–Trinajstić information content (AvgIpc) is 3.41. The summed E-state index contributed by atoms with van der Waals surface area (Å²) < 4.78 is 26.6. The number of Topliss-reactive ketones (excluding diaryl/α,β-unsaturated/α-hetero) is 1. The van der Waals surface area contributed by atoms with Gasteiger partial charge in [0.05, 0.1) is 30.6 Å². The molecule has 4 unspecified atom stereocenters. The highest BCUT2D eigenvalue weighted by atomic mass is 19.1. The van der Waals surface area contributed by atoms with E-state index in [2.05, 4.69) is 29.6 Å². The van der Waals surface area contributed by atoms with Crippen LogP contribution in [-0.2, 0) is 16.0 Å². The summed E-state index contributed by atoms with van der Waals surface area (Å²) in [5.74, 6) is 0.551. The van der Waals surface area contributed by atoms with Crippen molar-refractivity contribution in [1.29, 1.82) is 5.26 Å². The minimum Gasteiger partial charge on any atom is -0.462 e. The molecule has 2 saturated heterocycles. The van der Waals surface area contributed by atoms with E-state index >= 15 is 0 Å². The van der Waals surface area contributed by atoms with Crippen LogP contribution >= 0.6 is 0 Å². The number of alkyl halides is 1. The fourth-order valence-corrected chi connectivity index (χ4v) is 6.19. The lowest BCUT2D eigenvalue weighted by Gasteiger charge is -2.41. The van der Waals surface area contributed by atoms with E-state index in [1.165, 1.54) is 13.0 Å². The summed E-state index contributed by atoms with van der Waals surface area (Å²) in [6.07, 6.45) is 8.75.